The molecule has 5 nitrogen and oxygen atoms in total. The lowest BCUT2D eigenvalue weighted by atomic mass is 9.47. The van der Waals surface area contributed by atoms with E-state index in [2.05, 4.69) is 5.32 Å². The maximum absolute atomic E-state index is 12.3. The highest BCUT2D eigenvalue weighted by Crippen LogP contribution is 2.62. The van der Waals surface area contributed by atoms with Gasteiger partial charge in [0.1, 0.15) is 0 Å². The molecule has 5 heteroatoms. The summed E-state index contributed by atoms with van der Waals surface area (Å²) in [6, 6.07) is 9.63. The average Bonchev–Trinajstić information content (AvgIpc) is 2.56. The summed E-state index contributed by atoms with van der Waals surface area (Å²) in [5.74, 6) is 0.489. The molecular weight excluding hydrogens is 330 g/mol. The molecule has 0 saturated heterocycles. The zero-order chi connectivity index (χ0) is 18.2. The molecule has 1 amide bonds. The van der Waals surface area contributed by atoms with Crippen molar-refractivity contribution in [1.29, 1.82) is 0 Å². The molecule has 4 saturated carbocycles. The molecule has 4 fully saturated rings. The largest absolute Gasteiger partial charge is 0.456 e. The smallest absolute Gasteiger partial charge is 0.306 e. The maximum Gasteiger partial charge on any atom is 0.306 e. The summed E-state index contributed by atoms with van der Waals surface area (Å²) < 4.78 is 5.23. The Morgan fingerprint density at radius 3 is 2.46 bits per heavy atom. The highest BCUT2D eigenvalue weighted by molar-refractivity contribution is 5.80. The number of rotatable bonds is 6. The van der Waals surface area contributed by atoms with Crippen molar-refractivity contribution >= 4 is 11.9 Å². The van der Waals surface area contributed by atoms with E-state index in [4.69, 9.17) is 4.74 Å². The number of esters is 1. The Balaban J connectivity index is 1.25. The van der Waals surface area contributed by atoms with E-state index in [1.165, 1.54) is 6.42 Å². The van der Waals surface area contributed by atoms with Crippen LogP contribution in [0.3, 0.4) is 0 Å². The summed E-state index contributed by atoms with van der Waals surface area (Å²) in [5, 5.41) is 13.5. The van der Waals surface area contributed by atoms with Gasteiger partial charge in [-0.15, -0.1) is 0 Å². The van der Waals surface area contributed by atoms with Crippen LogP contribution in [0.25, 0.3) is 0 Å². The van der Waals surface area contributed by atoms with Gasteiger partial charge in [-0.25, -0.2) is 0 Å². The van der Waals surface area contributed by atoms with Gasteiger partial charge >= 0.3 is 5.97 Å². The Morgan fingerprint density at radius 2 is 1.81 bits per heavy atom. The van der Waals surface area contributed by atoms with Crippen LogP contribution >= 0.6 is 0 Å². The van der Waals surface area contributed by atoms with Gasteiger partial charge in [-0.05, 0) is 61.3 Å². The lowest BCUT2D eigenvalue weighted by Crippen LogP contribution is -2.56. The first-order chi connectivity index (χ1) is 12.4. The molecule has 140 valence electrons. The predicted molar refractivity (Wildman–Crippen MR) is 95.9 cm³/mol. The van der Waals surface area contributed by atoms with Crippen LogP contribution in [-0.4, -0.2) is 29.2 Å². The number of nitrogens with one attached hydrogen (secondary N) is 1. The number of carbonyl (C=O) groups is 2. The number of aliphatic hydroxyl groups is 1. The molecule has 0 heterocycles. The van der Waals surface area contributed by atoms with Crippen molar-refractivity contribution in [3.05, 3.63) is 35.9 Å². The van der Waals surface area contributed by atoms with Crippen LogP contribution in [0.4, 0.5) is 0 Å². The molecule has 0 aromatic heterocycles. The Morgan fingerprint density at radius 1 is 1.12 bits per heavy atom. The quantitative estimate of drug-likeness (QED) is 0.767. The first kappa shape index (κ1) is 17.5. The highest BCUT2D eigenvalue weighted by atomic mass is 16.5. The van der Waals surface area contributed by atoms with Crippen molar-refractivity contribution < 1.29 is 19.4 Å². The predicted octanol–water partition coefficient (Wildman–Crippen LogP) is 2.57. The van der Waals surface area contributed by atoms with Crippen molar-refractivity contribution in [2.45, 2.75) is 57.1 Å². The Bertz CT molecular complexity index is 673. The van der Waals surface area contributed by atoms with Gasteiger partial charge in [0.15, 0.2) is 6.61 Å². The first-order valence-corrected chi connectivity index (χ1v) is 9.62. The van der Waals surface area contributed by atoms with Gasteiger partial charge in [-0.1, -0.05) is 30.3 Å². The van der Waals surface area contributed by atoms with Crippen molar-refractivity contribution in [2.24, 2.45) is 17.3 Å². The fraction of sp³-hybridized carbons (Fsp3) is 0.619. The zero-order valence-electron chi connectivity index (χ0n) is 15.1. The van der Waals surface area contributed by atoms with E-state index < -0.39 is 5.60 Å². The van der Waals surface area contributed by atoms with Gasteiger partial charge < -0.3 is 15.2 Å². The van der Waals surface area contributed by atoms with Gasteiger partial charge in [-0.3, -0.25) is 9.59 Å². The fourth-order valence-corrected chi connectivity index (χ4v) is 5.96. The highest BCUT2D eigenvalue weighted by Gasteiger charge is 2.57. The van der Waals surface area contributed by atoms with Gasteiger partial charge in [0, 0.05) is 6.54 Å². The molecule has 4 aliphatic carbocycles. The van der Waals surface area contributed by atoms with Crippen LogP contribution in [0.5, 0.6) is 0 Å². The number of hydrogen-bond acceptors (Lipinski definition) is 4. The van der Waals surface area contributed by atoms with Crippen LogP contribution in [0, 0.1) is 17.3 Å². The fourth-order valence-electron chi connectivity index (χ4n) is 5.96. The molecule has 4 aliphatic rings. The standard InChI is InChI=1S/C21H27NO4/c23-18(22-12-15-4-2-1-3-5-15)13-26-19(24)11-20-7-16-6-17(8-20)10-21(25,9-16)14-20/h1-5,16-17,25H,6-14H2,(H,22,23)/t16-,17+,20?,21?. The lowest BCUT2D eigenvalue weighted by molar-refractivity contribution is -0.177. The SMILES string of the molecule is O=C(COC(=O)CC12C[C@@H]3C[C@@H](CC(O)(C3)C1)C2)NCc1ccccc1. The summed E-state index contributed by atoms with van der Waals surface area (Å²) in [6.45, 7) is 0.191. The molecule has 0 radical (unpaired) electrons. The molecule has 1 aromatic carbocycles. The Hall–Kier alpha value is -1.88. The van der Waals surface area contributed by atoms with Crippen molar-refractivity contribution in [3.63, 3.8) is 0 Å². The van der Waals surface area contributed by atoms with E-state index >= 15 is 0 Å². The maximum atomic E-state index is 12.3. The van der Waals surface area contributed by atoms with E-state index in [9.17, 15) is 14.7 Å². The Labute approximate surface area is 154 Å². The summed E-state index contributed by atoms with van der Waals surface area (Å²) in [7, 11) is 0. The van der Waals surface area contributed by atoms with Gasteiger partial charge in [-0.2, -0.15) is 0 Å². The molecule has 1 aromatic rings. The second-order valence-electron chi connectivity index (χ2n) is 8.79. The number of hydrogen-bond donors (Lipinski definition) is 2. The minimum absolute atomic E-state index is 0.115. The topological polar surface area (TPSA) is 75.6 Å². The van der Waals surface area contributed by atoms with Crippen LogP contribution in [0.2, 0.25) is 0 Å². The minimum Gasteiger partial charge on any atom is -0.456 e. The van der Waals surface area contributed by atoms with Crippen LogP contribution < -0.4 is 5.32 Å². The van der Waals surface area contributed by atoms with Crippen LogP contribution in [0.15, 0.2) is 30.3 Å². The second-order valence-corrected chi connectivity index (χ2v) is 8.79. The Kier molecular flexibility index (Phi) is 4.51. The summed E-state index contributed by atoms with van der Waals surface area (Å²) >= 11 is 0. The molecule has 2 N–H and O–H groups in total. The van der Waals surface area contributed by atoms with Gasteiger partial charge in [0.2, 0.25) is 0 Å². The second kappa shape index (κ2) is 6.69. The first-order valence-electron chi connectivity index (χ1n) is 9.62. The van der Waals surface area contributed by atoms with E-state index in [0.29, 0.717) is 31.2 Å². The molecule has 2 unspecified atom stereocenters. The zero-order valence-corrected chi connectivity index (χ0v) is 15.1. The lowest BCUT2D eigenvalue weighted by Gasteiger charge is -2.60. The third-order valence-electron chi connectivity index (χ3n) is 6.37. The third-order valence-corrected chi connectivity index (χ3v) is 6.37. The van der Waals surface area contributed by atoms with Crippen LogP contribution in [-0.2, 0) is 20.9 Å². The van der Waals surface area contributed by atoms with E-state index in [-0.39, 0.29) is 23.9 Å². The van der Waals surface area contributed by atoms with E-state index in [1.54, 1.807) is 0 Å². The van der Waals surface area contributed by atoms with Crippen molar-refractivity contribution in [3.8, 4) is 0 Å². The molecular formula is C21H27NO4. The molecule has 4 bridgehead atoms. The normalized spacial score (nSPS) is 34.5. The monoisotopic (exact) mass is 357 g/mol. The van der Waals surface area contributed by atoms with Gasteiger partial charge in [0.25, 0.3) is 5.91 Å². The minimum atomic E-state index is -0.572. The summed E-state index contributed by atoms with van der Waals surface area (Å²) in [4.78, 5) is 24.2. The molecule has 4 atom stereocenters. The van der Waals surface area contributed by atoms with Crippen LogP contribution in [0.1, 0.15) is 50.5 Å². The number of ether oxygens (including phenoxy) is 1. The average molecular weight is 357 g/mol. The van der Waals surface area contributed by atoms with E-state index in [0.717, 1.165) is 31.2 Å². The molecule has 0 spiro atoms. The molecule has 5 rings (SSSR count). The number of carbonyl (C=O) groups excluding carboxylic acids is 2. The number of amides is 1. The van der Waals surface area contributed by atoms with Gasteiger partial charge in [0.05, 0.1) is 12.0 Å². The molecule has 0 aliphatic heterocycles. The van der Waals surface area contributed by atoms with Crippen molar-refractivity contribution in [1.82, 2.24) is 5.32 Å². The summed E-state index contributed by atoms with van der Waals surface area (Å²) in [5.41, 5.74) is 0.322. The number of benzene rings is 1. The van der Waals surface area contributed by atoms with Crippen molar-refractivity contribution in [2.75, 3.05) is 6.61 Å². The summed E-state index contributed by atoms with van der Waals surface area (Å²) in [6.07, 6.45) is 6.05. The third kappa shape index (κ3) is 3.78. The van der Waals surface area contributed by atoms with E-state index in [1.807, 2.05) is 30.3 Å². The molecule has 26 heavy (non-hydrogen) atoms.